The number of hydrogen-bond donors (Lipinski definition) is 4. The van der Waals surface area contributed by atoms with Gasteiger partial charge in [-0.25, -0.2) is 0 Å². The number of ether oxygens (including phenoxy) is 4. The van der Waals surface area contributed by atoms with E-state index in [-0.39, 0.29) is 19.4 Å². The molecular weight excluding hydrogens is 789 g/mol. The van der Waals surface area contributed by atoms with Gasteiger partial charge < -0.3 is 34.3 Å². The molecule has 0 aliphatic carbocycles. The van der Waals surface area contributed by atoms with Crippen molar-refractivity contribution < 1.29 is 56.8 Å². The molecule has 60 heavy (non-hydrogen) atoms. The maximum absolute atomic E-state index is 12.8. The average molecular weight is 873 g/mol. The summed E-state index contributed by atoms with van der Waals surface area (Å²) in [7, 11) is -4.61. The maximum Gasteiger partial charge on any atom is 0.306 e. The molecule has 4 N–H and O–H groups in total. The quantitative estimate of drug-likeness (QED) is 0.0199. The summed E-state index contributed by atoms with van der Waals surface area (Å²) in [4.78, 5) is 25.4. The Morgan fingerprint density at radius 3 is 1.53 bits per heavy atom. The highest BCUT2D eigenvalue weighted by molar-refractivity contribution is 7.85. The second-order valence-electron chi connectivity index (χ2n) is 16.4. The Balaban J connectivity index is 2.48. The molecule has 0 aromatic carbocycles. The molecule has 1 rings (SSSR count). The summed E-state index contributed by atoms with van der Waals surface area (Å²) in [6.45, 7) is 3.71. The summed E-state index contributed by atoms with van der Waals surface area (Å²) in [6.07, 6.45) is 33.4. The van der Waals surface area contributed by atoms with Crippen LogP contribution in [0.15, 0.2) is 36.5 Å². The van der Waals surface area contributed by atoms with E-state index >= 15 is 0 Å². The molecule has 0 spiro atoms. The molecule has 1 saturated heterocycles. The predicted molar refractivity (Wildman–Crippen MR) is 238 cm³/mol. The van der Waals surface area contributed by atoms with Crippen molar-refractivity contribution in [2.45, 2.75) is 230 Å². The van der Waals surface area contributed by atoms with E-state index in [2.05, 4.69) is 44.2 Å². The van der Waals surface area contributed by atoms with E-state index in [1.165, 1.54) is 116 Å². The van der Waals surface area contributed by atoms with Crippen LogP contribution in [0.2, 0.25) is 0 Å². The number of rotatable bonds is 39. The van der Waals surface area contributed by atoms with Gasteiger partial charge in [0.25, 0.3) is 10.1 Å². The van der Waals surface area contributed by atoms with Gasteiger partial charge in [0, 0.05) is 12.8 Å². The predicted octanol–water partition coefficient (Wildman–Crippen LogP) is 9.78. The molecule has 0 radical (unpaired) electrons. The Hall–Kier alpha value is -2.13. The molecule has 1 heterocycles. The van der Waals surface area contributed by atoms with Crippen molar-refractivity contribution in [2.24, 2.45) is 0 Å². The summed E-state index contributed by atoms with van der Waals surface area (Å²) >= 11 is 0. The van der Waals surface area contributed by atoms with Crippen molar-refractivity contribution in [3.63, 3.8) is 0 Å². The van der Waals surface area contributed by atoms with E-state index < -0.39 is 71.2 Å². The van der Waals surface area contributed by atoms with E-state index in [0.717, 1.165) is 32.1 Å². The Bertz CT molecular complexity index is 1250. The fourth-order valence-corrected chi connectivity index (χ4v) is 7.70. The first kappa shape index (κ1) is 55.9. The lowest BCUT2D eigenvalue weighted by molar-refractivity contribution is -0.297. The van der Waals surface area contributed by atoms with Gasteiger partial charge in [-0.05, 0) is 64.2 Å². The van der Waals surface area contributed by atoms with Crippen molar-refractivity contribution in [1.29, 1.82) is 0 Å². The largest absolute Gasteiger partial charge is 0.462 e. The molecule has 13 heteroatoms. The van der Waals surface area contributed by atoms with Crippen molar-refractivity contribution in [2.75, 3.05) is 19.0 Å². The highest BCUT2D eigenvalue weighted by atomic mass is 32.2. The van der Waals surface area contributed by atoms with Crippen LogP contribution in [0.25, 0.3) is 0 Å². The number of aliphatic hydroxyl groups excluding tert-OH is 3. The summed E-state index contributed by atoms with van der Waals surface area (Å²) in [5.41, 5.74) is 0. The number of aliphatic hydroxyl groups is 3. The van der Waals surface area contributed by atoms with E-state index in [1.54, 1.807) is 0 Å². The van der Waals surface area contributed by atoms with Crippen LogP contribution in [-0.4, -0.2) is 96.0 Å². The molecule has 1 fully saturated rings. The van der Waals surface area contributed by atoms with Gasteiger partial charge in [0.05, 0.1) is 6.61 Å². The monoisotopic (exact) mass is 873 g/mol. The Labute approximate surface area is 363 Å². The first-order valence-electron chi connectivity index (χ1n) is 23.5. The molecule has 1 aliphatic rings. The van der Waals surface area contributed by atoms with E-state index in [0.29, 0.717) is 19.3 Å². The van der Waals surface area contributed by atoms with Crippen molar-refractivity contribution in [3.05, 3.63) is 36.5 Å². The lowest BCUT2D eigenvalue weighted by Gasteiger charge is -2.40. The summed E-state index contributed by atoms with van der Waals surface area (Å²) in [5.74, 6) is -2.07. The molecule has 1 aliphatic heterocycles. The summed E-state index contributed by atoms with van der Waals surface area (Å²) in [5, 5.41) is 30.9. The van der Waals surface area contributed by atoms with Crippen molar-refractivity contribution in [1.82, 2.24) is 0 Å². The number of hydrogen-bond acceptors (Lipinski definition) is 11. The lowest BCUT2D eigenvalue weighted by Crippen LogP contribution is -2.60. The van der Waals surface area contributed by atoms with Gasteiger partial charge in [-0.3, -0.25) is 14.1 Å². The Morgan fingerprint density at radius 1 is 0.567 bits per heavy atom. The van der Waals surface area contributed by atoms with E-state index in [9.17, 15) is 37.9 Å². The van der Waals surface area contributed by atoms with E-state index in [1.807, 2.05) is 6.08 Å². The standard InChI is InChI=1S/C47H84O12S/c1-3-5-7-9-11-13-15-17-19-20-22-24-26-28-30-32-34-36-43(49)58-40(38-57-47-46(52)45(51)44(50)41(59-47)39-60(53,54)55)37-56-42(48)35-33-31-29-27-25-23-21-18-16-14-12-10-8-6-4-2/h22,24-25,27-28,30,40-41,44-47,50-52H,3-21,23,26,29,31-39H2,1-2H3,(H,53,54,55)/b24-22+,27-25+,30-28+/t40-,41-,44-,45?,46?,47+/m1/s1. The van der Waals surface area contributed by atoms with Gasteiger partial charge in [-0.2, -0.15) is 8.42 Å². The maximum atomic E-state index is 12.8. The minimum Gasteiger partial charge on any atom is -0.462 e. The third-order valence-electron chi connectivity index (χ3n) is 10.7. The smallest absolute Gasteiger partial charge is 0.306 e. The van der Waals surface area contributed by atoms with Crippen LogP contribution >= 0.6 is 0 Å². The molecule has 6 atom stereocenters. The van der Waals surface area contributed by atoms with Crippen LogP contribution in [0.5, 0.6) is 0 Å². The second-order valence-corrected chi connectivity index (χ2v) is 17.9. The van der Waals surface area contributed by atoms with Crippen LogP contribution in [-0.2, 0) is 38.7 Å². The van der Waals surface area contributed by atoms with Crippen LogP contribution in [0.4, 0.5) is 0 Å². The van der Waals surface area contributed by atoms with Gasteiger partial charge in [0.15, 0.2) is 12.4 Å². The fraction of sp³-hybridized carbons (Fsp3) is 0.830. The van der Waals surface area contributed by atoms with Gasteiger partial charge in [-0.1, -0.05) is 153 Å². The molecule has 0 aromatic heterocycles. The van der Waals surface area contributed by atoms with Gasteiger partial charge >= 0.3 is 11.9 Å². The first-order chi connectivity index (χ1) is 29.0. The van der Waals surface area contributed by atoms with Crippen LogP contribution < -0.4 is 0 Å². The topological polar surface area (TPSA) is 186 Å². The number of esters is 2. The Kier molecular flexibility index (Phi) is 34.9. The Morgan fingerprint density at radius 2 is 1.02 bits per heavy atom. The summed E-state index contributed by atoms with van der Waals surface area (Å²) < 4.78 is 54.0. The molecule has 2 unspecified atom stereocenters. The molecular formula is C47H84O12S. The van der Waals surface area contributed by atoms with Crippen LogP contribution in [0, 0.1) is 0 Å². The number of carbonyl (C=O) groups is 2. The van der Waals surface area contributed by atoms with Gasteiger partial charge in [0.1, 0.15) is 36.8 Å². The zero-order valence-electron chi connectivity index (χ0n) is 37.3. The first-order valence-corrected chi connectivity index (χ1v) is 25.2. The third kappa shape index (κ3) is 31.7. The number of allylic oxidation sites excluding steroid dienone is 6. The molecule has 350 valence electrons. The van der Waals surface area contributed by atoms with Crippen LogP contribution in [0.3, 0.4) is 0 Å². The molecule has 0 aromatic rings. The third-order valence-corrected chi connectivity index (χ3v) is 11.4. The molecule has 0 bridgehead atoms. The molecule has 0 amide bonds. The molecule has 12 nitrogen and oxygen atoms in total. The number of unbranched alkanes of at least 4 members (excludes halogenated alkanes) is 21. The normalized spacial score (nSPS) is 20.4. The van der Waals surface area contributed by atoms with Crippen molar-refractivity contribution >= 4 is 22.1 Å². The number of carbonyl (C=O) groups excluding carboxylic acids is 2. The van der Waals surface area contributed by atoms with E-state index in [4.69, 9.17) is 18.9 Å². The van der Waals surface area contributed by atoms with Gasteiger partial charge in [0.2, 0.25) is 0 Å². The lowest BCUT2D eigenvalue weighted by atomic mass is 10.00. The SMILES string of the molecule is CCCCCCCCCCC/C=C/C/C=C/CCCC(=O)O[C@H](COC(=O)CCCC/C=C/CCCCCCCCCCC)CO[C@H]1O[C@H](CS(=O)(=O)O)[C@@H](O)C(O)C1O. The highest BCUT2D eigenvalue weighted by Gasteiger charge is 2.46. The fourth-order valence-electron chi connectivity index (χ4n) is 7.00. The average Bonchev–Trinajstić information content (AvgIpc) is 3.21. The zero-order valence-corrected chi connectivity index (χ0v) is 38.1. The second kappa shape index (κ2) is 37.4. The molecule has 0 saturated carbocycles. The minimum absolute atomic E-state index is 0.0970. The van der Waals surface area contributed by atoms with Crippen molar-refractivity contribution in [3.8, 4) is 0 Å². The zero-order chi connectivity index (χ0) is 44.1. The van der Waals surface area contributed by atoms with Gasteiger partial charge in [-0.15, -0.1) is 0 Å². The minimum atomic E-state index is -4.61. The van der Waals surface area contributed by atoms with Crippen LogP contribution in [0.1, 0.15) is 194 Å². The summed E-state index contributed by atoms with van der Waals surface area (Å²) in [6, 6.07) is 0. The highest BCUT2D eigenvalue weighted by Crippen LogP contribution is 2.24.